The van der Waals surface area contributed by atoms with Gasteiger partial charge in [0.05, 0.1) is 45.5 Å². The molecule has 0 aliphatic rings. The smallest absolute Gasteiger partial charge is 0.232 e. The fourth-order valence-electron chi connectivity index (χ4n) is 5.63. The van der Waals surface area contributed by atoms with E-state index in [9.17, 15) is 0 Å². The summed E-state index contributed by atoms with van der Waals surface area (Å²) in [4.78, 5) is 12.8. The van der Waals surface area contributed by atoms with Crippen molar-refractivity contribution in [3.63, 3.8) is 0 Å². The molecule has 0 spiro atoms. The predicted molar refractivity (Wildman–Crippen MR) is 230 cm³/mol. The largest absolute Gasteiger partial charge is 0.324 e. The van der Waals surface area contributed by atoms with Gasteiger partial charge in [0.15, 0.2) is 0 Å². The van der Waals surface area contributed by atoms with Crippen LogP contribution in [-0.4, -0.2) is 15.0 Å². The zero-order valence-corrected chi connectivity index (χ0v) is 33.0. The Morgan fingerprint density at radius 2 is 0.707 bits per heavy atom. The van der Waals surface area contributed by atoms with Crippen LogP contribution in [0.3, 0.4) is 0 Å². The molecule has 2 N–H and O–H groups in total. The van der Waals surface area contributed by atoms with Crippen LogP contribution in [0.1, 0.15) is 34.8 Å². The van der Waals surface area contributed by atoms with Crippen LogP contribution in [0.25, 0.3) is 0 Å². The molecule has 0 radical (unpaired) electrons. The number of nitrogens with zero attached hydrogens (tertiary/aromatic N) is 11. The van der Waals surface area contributed by atoms with Crippen LogP contribution in [0.15, 0.2) is 169 Å². The lowest BCUT2D eigenvalue weighted by molar-refractivity contribution is 1.06. The summed E-state index contributed by atoms with van der Waals surface area (Å²) < 4.78 is 8.22. The first-order chi connectivity index (χ1) is 28.5. The summed E-state index contributed by atoms with van der Waals surface area (Å²) in [6.45, 7) is 11.9. The fourth-order valence-corrected chi connectivity index (χ4v) is 5.63. The molecule has 13 nitrogen and oxygen atoms in total. The van der Waals surface area contributed by atoms with Gasteiger partial charge in [-0.05, 0) is 161 Å². The fraction of sp³-hybridized carbons (Fsp3) is 0.133. The minimum Gasteiger partial charge on any atom is -0.324 e. The van der Waals surface area contributed by atoms with Crippen molar-refractivity contribution in [3.05, 3.63) is 161 Å². The highest BCUT2D eigenvalue weighted by molar-refractivity contribution is 5.64. The molecule has 13 heteroatoms. The second-order valence-corrected chi connectivity index (χ2v) is 13.7. The zero-order chi connectivity index (χ0) is 41.3. The van der Waals surface area contributed by atoms with Crippen LogP contribution in [0.2, 0.25) is 0 Å². The minimum atomic E-state index is -0.190. The van der Waals surface area contributed by atoms with Gasteiger partial charge in [0.25, 0.3) is 0 Å². The van der Waals surface area contributed by atoms with Crippen LogP contribution in [0, 0.1) is 41.5 Å². The molecule has 286 valence electrons. The summed E-state index contributed by atoms with van der Waals surface area (Å²) >= 11 is 0. The molecule has 0 unspecified atom stereocenters. The monoisotopic (exact) mass is 764 g/mol. The number of nitrogens with one attached hydrogen (secondary N) is 2. The number of aryl methyl sites for hydroxylation is 6. The Morgan fingerprint density at radius 1 is 0.379 bits per heavy atom. The lowest BCUT2D eigenvalue weighted by atomic mass is 10.2. The number of hydrogen-bond acceptors (Lipinski definition) is 13. The average molecular weight is 765 g/mol. The first-order valence-corrected chi connectivity index (χ1v) is 18.5. The Labute approximate surface area is 338 Å². The molecule has 6 aromatic carbocycles. The number of aromatic nitrogens is 3. The van der Waals surface area contributed by atoms with Crippen LogP contribution < -0.4 is 10.6 Å². The standard InChI is InChI=1S/C45H41N13/c1-28-7-11-34(12-8-28)51-53-38-17-21-42(32(5)25-38)57-55-40-19-15-36(23-30(40)3)48-44-46-27-47-45(50-44)49-37-16-20-41(31(4)24-37)56-58-43-22-18-39(26-33(43)6)54-52-35-13-9-29(2)10-14-35/h7-27H,1-6H3,(H2,46,47,48,49,50)/i27D. The highest BCUT2D eigenvalue weighted by Crippen LogP contribution is 2.32. The van der Waals surface area contributed by atoms with Crippen LogP contribution in [-0.2, 0) is 0 Å². The van der Waals surface area contributed by atoms with Gasteiger partial charge in [0, 0.05) is 11.4 Å². The third-order valence-corrected chi connectivity index (χ3v) is 8.95. The summed E-state index contributed by atoms with van der Waals surface area (Å²) in [6.07, 6.45) is -0.190. The van der Waals surface area contributed by atoms with E-state index < -0.39 is 0 Å². The summed E-state index contributed by atoms with van der Waals surface area (Å²) in [5.41, 5.74) is 13.4. The van der Waals surface area contributed by atoms with Gasteiger partial charge in [-0.15, -0.1) is 0 Å². The highest BCUT2D eigenvalue weighted by atomic mass is 15.2. The molecule has 0 bridgehead atoms. The maximum Gasteiger partial charge on any atom is 0.232 e. The molecular weight excluding hydrogens is 723 g/mol. The molecule has 1 aromatic heterocycles. The van der Waals surface area contributed by atoms with E-state index in [0.29, 0.717) is 11.4 Å². The van der Waals surface area contributed by atoms with Gasteiger partial charge >= 0.3 is 0 Å². The first kappa shape index (κ1) is 37.3. The molecule has 0 saturated heterocycles. The van der Waals surface area contributed by atoms with E-state index in [4.69, 9.17) is 1.37 Å². The molecule has 0 atom stereocenters. The summed E-state index contributed by atoms with van der Waals surface area (Å²) in [5.74, 6) is 0.438. The number of benzene rings is 6. The van der Waals surface area contributed by atoms with Gasteiger partial charge in [0.1, 0.15) is 7.67 Å². The average Bonchev–Trinajstić information content (AvgIpc) is 3.20. The van der Waals surface area contributed by atoms with Crippen LogP contribution in [0.5, 0.6) is 0 Å². The topological polar surface area (TPSA) is 162 Å². The number of anilines is 4. The molecule has 7 rings (SSSR count). The van der Waals surface area contributed by atoms with Gasteiger partial charge in [-0.2, -0.15) is 45.9 Å². The summed E-state index contributed by atoms with van der Waals surface area (Å²) in [5, 5.41) is 41.7. The van der Waals surface area contributed by atoms with E-state index >= 15 is 0 Å². The predicted octanol–water partition coefficient (Wildman–Crippen LogP) is 14.9. The van der Waals surface area contributed by atoms with Crippen molar-refractivity contribution in [2.24, 2.45) is 40.9 Å². The molecular formula is C45H41N13. The van der Waals surface area contributed by atoms with Crippen molar-refractivity contribution in [3.8, 4) is 0 Å². The second-order valence-electron chi connectivity index (χ2n) is 13.7. The number of azo groups is 4. The molecule has 0 aliphatic carbocycles. The summed E-state index contributed by atoms with van der Waals surface area (Å²) in [6, 6.07) is 38.4. The van der Waals surface area contributed by atoms with Crippen molar-refractivity contribution in [2.45, 2.75) is 41.5 Å². The van der Waals surface area contributed by atoms with E-state index in [1.807, 2.05) is 163 Å². The van der Waals surface area contributed by atoms with Crippen LogP contribution >= 0.6 is 0 Å². The van der Waals surface area contributed by atoms with Crippen molar-refractivity contribution >= 4 is 68.8 Å². The van der Waals surface area contributed by atoms with E-state index in [1.54, 1.807) is 0 Å². The van der Waals surface area contributed by atoms with E-state index in [0.717, 1.165) is 67.8 Å². The Balaban J connectivity index is 0.962. The third kappa shape index (κ3) is 10.3. The van der Waals surface area contributed by atoms with Crippen molar-refractivity contribution < 1.29 is 1.37 Å². The van der Waals surface area contributed by atoms with Gasteiger partial charge in [-0.25, -0.2) is 9.97 Å². The van der Waals surface area contributed by atoms with Crippen LogP contribution in [0.4, 0.5) is 68.8 Å². The van der Waals surface area contributed by atoms with Gasteiger partial charge in [-0.3, -0.25) is 0 Å². The van der Waals surface area contributed by atoms with E-state index in [-0.39, 0.29) is 18.2 Å². The Hall–Kier alpha value is -7.67. The Morgan fingerprint density at radius 3 is 1.07 bits per heavy atom. The third-order valence-electron chi connectivity index (χ3n) is 8.95. The van der Waals surface area contributed by atoms with Gasteiger partial charge in [0.2, 0.25) is 11.9 Å². The highest BCUT2D eigenvalue weighted by Gasteiger charge is 2.08. The molecule has 58 heavy (non-hydrogen) atoms. The molecule has 7 aromatic rings. The zero-order valence-electron chi connectivity index (χ0n) is 34.0. The molecule has 0 saturated carbocycles. The van der Waals surface area contributed by atoms with Crippen molar-refractivity contribution in [1.82, 2.24) is 15.0 Å². The Bertz CT molecular complexity index is 2560. The molecule has 0 amide bonds. The minimum absolute atomic E-state index is 0.190. The lowest BCUT2D eigenvalue weighted by Gasteiger charge is -2.10. The second kappa shape index (κ2) is 17.9. The van der Waals surface area contributed by atoms with Crippen molar-refractivity contribution in [1.29, 1.82) is 0 Å². The molecule has 1 heterocycles. The van der Waals surface area contributed by atoms with Gasteiger partial charge in [-0.1, -0.05) is 35.4 Å². The maximum absolute atomic E-state index is 8.22. The lowest BCUT2D eigenvalue weighted by Crippen LogP contribution is -2.03. The van der Waals surface area contributed by atoms with E-state index in [1.165, 1.54) is 11.1 Å². The Kier molecular flexibility index (Phi) is 11.5. The molecule has 0 aliphatic heterocycles. The number of hydrogen-bond donors (Lipinski definition) is 2. The number of rotatable bonds is 12. The maximum atomic E-state index is 8.22. The quantitative estimate of drug-likeness (QED) is 0.118. The van der Waals surface area contributed by atoms with Crippen molar-refractivity contribution in [2.75, 3.05) is 10.6 Å². The van der Waals surface area contributed by atoms with E-state index in [2.05, 4.69) is 66.5 Å². The summed E-state index contributed by atoms with van der Waals surface area (Å²) in [7, 11) is 0. The normalized spacial score (nSPS) is 11.9. The van der Waals surface area contributed by atoms with Gasteiger partial charge < -0.3 is 10.6 Å². The molecule has 0 fully saturated rings. The first-order valence-electron chi connectivity index (χ1n) is 19.0. The SMILES string of the molecule is [2H]c1nc(Nc2ccc(N=Nc3ccc(N=Nc4ccc(C)cc4)cc3C)c(C)c2)nc(Nc2ccc(N=Nc3ccc(N=Nc4ccc(C)cc4)cc3C)c(C)c2)n1.